The molecule has 1 saturated carbocycles. The topological polar surface area (TPSA) is 91.0 Å². The summed E-state index contributed by atoms with van der Waals surface area (Å²) in [6, 6.07) is 14.4. The van der Waals surface area contributed by atoms with Gasteiger partial charge in [0, 0.05) is 17.7 Å². The van der Waals surface area contributed by atoms with Crippen molar-refractivity contribution < 1.29 is 27.9 Å². The summed E-state index contributed by atoms with van der Waals surface area (Å²) >= 11 is 0. The van der Waals surface area contributed by atoms with Gasteiger partial charge >= 0.3 is 5.97 Å². The van der Waals surface area contributed by atoms with Crippen LogP contribution < -0.4 is 4.90 Å². The molecule has 7 rings (SSSR count). The summed E-state index contributed by atoms with van der Waals surface area (Å²) in [4.78, 5) is 32.7. The van der Waals surface area contributed by atoms with Crippen molar-refractivity contribution in [3.05, 3.63) is 82.8 Å². The van der Waals surface area contributed by atoms with E-state index in [4.69, 9.17) is 0 Å². The lowest BCUT2D eigenvalue weighted by Gasteiger charge is -2.38. The van der Waals surface area contributed by atoms with Gasteiger partial charge in [0.25, 0.3) is 5.91 Å². The number of fused-ring (bicyclic) bond motifs is 2. The van der Waals surface area contributed by atoms with Crippen LogP contribution in [-0.4, -0.2) is 62.3 Å². The molecule has 0 radical (unpaired) electrons. The van der Waals surface area contributed by atoms with Crippen LogP contribution >= 0.6 is 0 Å². The Morgan fingerprint density at radius 3 is 2.44 bits per heavy atom. The zero-order chi connectivity index (χ0) is 28.6. The second kappa shape index (κ2) is 9.32. The molecule has 0 unspecified atom stereocenters. The highest BCUT2D eigenvalue weighted by molar-refractivity contribution is 5.94. The number of amides is 1. The first-order chi connectivity index (χ1) is 19.7. The molecule has 8 nitrogen and oxygen atoms in total. The summed E-state index contributed by atoms with van der Waals surface area (Å²) in [7, 11) is 0. The number of anilines is 1. The van der Waals surface area contributed by atoms with Gasteiger partial charge in [0.15, 0.2) is 5.65 Å². The average molecular weight is 562 g/mol. The number of alkyl halides is 2. The van der Waals surface area contributed by atoms with Crippen molar-refractivity contribution in [1.82, 2.24) is 19.5 Å². The van der Waals surface area contributed by atoms with Crippen LogP contribution in [-0.2, 0) is 4.79 Å². The maximum atomic E-state index is 15.2. The number of carboxylic acid groups (broad SMARTS) is 1. The molecule has 0 spiro atoms. The van der Waals surface area contributed by atoms with Crippen molar-refractivity contribution in [2.75, 3.05) is 24.5 Å². The molecule has 41 heavy (non-hydrogen) atoms. The van der Waals surface area contributed by atoms with Crippen molar-refractivity contribution in [3.63, 3.8) is 0 Å². The van der Waals surface area contributed by atoms with E-state index in [0.29, 0.717) is 23.4 Å². The molecule has 4 heterocycles. The number of carboxylic acids is 1. The summed E-state index contributed by atoms with van der Waals surface area (Å²) in [5.74, 6) is -2.20. The number of hydrogen-bond acceptors (Lipinski definition) is 5. The normalized spacial score (nSPS) is 23.8. The van der Waals surface area contributed by atoms with Crippen LogP contribution in [0.4, 0.5) is 19.0 Å². The number of halogens is 3. The van der Waals surface area contributed by atoms with E-state index in [1.807, 2.05) is 19.1 Å². The first-order valence-corrected chi connectivity index (χ1v) is 13.6. The van der Waals surface area contributed by atoms with Crippen LogP contribution in [0.5, 0.6) is 0 Å². The second-order valence-electron chi connectivity index (χ2n) is 11.1. The predicted octanol–water partition coefficient (Wildman–Crippen LogP) is 5.11. The summed E-state index contributed by atoms with van der Waals surface area (Å²) in [6.07, 6.45) is -1.89. The van der Waals surface area contributed by atoms with Gasteiger partial charge < -0.3 is 14.9 Å². The zero-order valence-corrected chi connectivity index (χ0v) is 22.0. The van der Waals surface area contributed by atoms with Crippen LogP contribution in [0, 0.1) is 11.7 Å². The van der Waals surface area contributed by atoms with E-state index in [1.165, 1.54) is 21.5 Å². The van der Waals surface area contributed by atoms with Gasteiger partial charge in [0.1, 0.15) is 29.7 Å². The Balaban J connectivity index is 1.26. The van der Waals surface area contributed by atoms with E-state index in [9.17, 15) is 19.1 Å². The standard InChI is InChI=1S/C30H26F3N5O3/c1-15-18-4-2-3-5-19(18)24(33)14-37(15)29(39)26-11-28(36-12-17(31)13-36)38-27(34-26)10-25(35-38)20-7-6-16(8-23(20)32)21-9-22(21)30(40)41/h2-8,10-11,15,17,21-22,24H,9,12-14H2,1H3,(H,40,41)/t15-,21-,22+,24-/m1/s1. The Labute approximate surface area is 233 Å². The van der Waals surface area contributed by atoms with E-state index in [0.717, 1.165) is 5.56 Å². The number of carbonyl (C=O) groups is 2. The van der Waals surface area contributed by atoms with E-state index >= 15 is 8.78 Å². The van der Waals surface area contributed by atoms with Gasteiger partial charge in [-0.2, -0.15) is 9.61 Å². The number of aromatic nitrogens is 3. The molecule has 4 aromatic rings. The molecule has 210 valence electrons. The largest absolute Gasteiger partial charge is 0.481 e. The third-order valence-corrected chi connectivity index (χ3v) is 8.46. The smallest absolute Gasteiger partial charge is 0.307 e. The Hall–Kier alpha value is -4.41. The molecule has 2 aliphatic heterocycles. The monoisotopic (exact) mass is 561 g/mol. The highest BCUT2D eigenvalue weighted by Crippen LogP contribution is 2.48. The van der Waals surface area contributed by atoms with Crippen LogP contribution in [0.3, 0.4) is 0 Å². The Morgan fingerprint density at radius 1 is 1.00 bits per heavy atom. The molecule has 0 bridgehead atoms. The van der Waals surface area contributed by atoms with Crippen LogP contribution in [0.1, 0.15) is 58.7 Å². The quantitative estimate of drug-likeness (QED) is 0.364. The van der Waals surface area contributed by atoms with Crippen molar-refractivity contribution in [2.45, 2.75) is 37.6 Å². The fraction of sp³-hybridized carbons (Fsp3) is 0.333. The highest BCUT2D eigenvalue weighted by Gasteiger charge is 2.44. The lowest BCUT2D eigenvalue weighted by atomic mass is 9.92. The SMILES string of the molecule is C[C@@H]1c2ccccc2[C@H](F)CN1C(=O)c1cc(N2CC(F)C2)n2nc(-c3ccc([C@H]4C[C@@H]4C(=O)O)cc3F)cc2n1. The number of nitrogens with zero attached hydrogens (tertiary/aromatic N) is 5. The lowest BCUT2D eigenvalue weighted by molar-refractivity contribution is -0.138. The Bertz CT molecular complexity index is 1720. The van der Waals surface area contributed by atoms with Gasteiger partial charge in [-0.25, -0.2) is 18.2 Å². The van der Waals surface area contributed by atoms with Gasteiger partial charge in [-0.15, -0.1) is 0 Å². The maximum Gasteiger partial charge on any atom is 0.307 e. The van der Waals surface area contributed by atoms with E-state index < -0.39 is 36.0 Å². The van der Waals surface area contributed by atoms with Crippen molar-refractivity contribution in [1.29, 1.82) is 0 Å². The minimum atomic E-state index is -1.34. The third kappa shape index (κ3) is 4.22. The first-order valence-electron chi connectivity index (χ1n) is 13.6. The molecule has 4 atom stereocenters. The molecule has 2 fully saturated rings. The summed E-state index contributed by atoms with van der Waals surface area (Å²) < 4.78 is 45.6. The lowest BCUT2D eigenvalue weighted by Crippen LogP contribution is -2.49. The Kier molecular flexibility index (Phi) is 5.81. The molecular formula is C30H26F3N5O3. The number of hydrogen-bond donors (Lipinski definition) is 1. The molecule has 11 heteroatoms. The second-order valence-corrected chi connectivity index (χ2v) is 11.1. The fourth-order valence-electron chi connectivity index (χ4n) is 6.02. The molecule has 3 aliphatic rings. The fourth-order valence-corrected chi connectivity index (χ4v) is 6.02. The number of carbonyl (C=O) groups excluding carboxylic acids is 1. The number of benzene rings is 2. The number of aliphatic carboxylic acids is 1. The van der Waals surface area contributed by atoms with Crippen molar-refractivity contribution in [3.8, 4) is 11.3 Å². The molecule has 1 N–H and O–H groups in total. The minimum Gasteiger partial charge on any atom is -0.481 e. The third-order valence-electron chi connectivity index (χ3n) is 8.46. The molecule has 2 aromatic heterocycles. The first kappa shape index (κ1) is 25.6. The molecular weight excluding hydrogens is 535 g/mol. The molecule has 1 saturated heterocycles. The van der Waals surface area contributed by atoms with Crippen LogP contribution in [0.2, 0.25) is 0 Å². The summed E-state index contributed by atoms with van der Waals surface area (Å²) in [6.45, 7) is 1.93. The minimum absolute atomic E-state index is 0.0592. The van der Waals surface area contributed by atoms with Crippen molar-refractivity contribution >= 4 is 23.3 Å². The van der Waals surface area contributed by atoms with Gasteiger partial charge in [0.05, 0.1) is 37.3 Å². The van der Waals surface area contributed by atoms with Gasteiger partial charge in [0.2, 0.25) is 0 Å². The Morgan fingerprint density at radius 2 is 1.76 bits per heavy atom. The van der Waals surface area contributed by atoms with Crippen LogP contribution in [0.15, 0.2) is 54.6 Å². The van der Waals surface area contributed by atoms with Gasteiger partial charge in [-0.3, -0.25) is 9.59 Å². The van der Waals surface area contributed by atoms with E-state index in [2.05, 4.69) is 10.1 Å². The molecule has 1 amide bonds. The van der Waals surface area contributed by atoms with Gasteiger partial charge in [-0.1, -0.05) is 30.3 Å². The van der Waals surface area contributed by atoms with Crippen molar-refractivity contribution in [2.24, 2.45) is 5.92 Å². The zero-order valence-electron chi connectivity index (χ0n) is 22.0. The molecule has 2 aromatic carbocycles. The predicted molar refractivity (Wildman–Crippen MR) is 144 cm³/mol. The molecule has 1 aliphatic carbocycles. The highest BCUT2D eigenvalue weighted by atomic mass is 19.1. The van der Waals surface area contributed by atoms with Crippen LogP contribution in [0.25, 0.3) is 16.9 Å². The van der Waals surface area contributed by atoms with E-state index in [-0.39, 0.29) is 54.2 Å². The number of rotatable bonds is 5. The average Bonchev–Trinajstić information content (AvgIpc) is 3.64. The summed E-state index contributed by atoms with van der Waals surface area (Å²) in [5.41, 5.74) is 2.70. The summed E-state index contributed by atoms with van der Waals surface area (Å²) in [5, 5.41) is 13.8. The van der Waals surface area contributed by atoms with Gasteiger partial charge in [-0.05, 0) is 48.1 Å². The maximum absolute atomic E-state index is 15.2. The van der Waals surface area contributed by atoms with E-state index in [1.54, 1.807) is 35.2 Å².